The van der Waals surface area contributed by atoms with Crippen LogP contribution in [0.5, 0.6) is 0 Å². The molecule has 0 saturated carbocycles. The maximum absolute atomic E-state index is 13.8. The van der Waals surface area contributed by atoms with E-state index in [1.165, 1.54) is 17.4 Å². The van der Waals surface area contributed by atoms with Crippen LogP contribution in [0.2, 0.25) is 5.02 Å². The number of thiazole rings is 1. The number of hydrogen-bond acceptors (Lipinski definition) is 5. The van der Waals surface area contributed by atoms with Crippen molar-refractivity contribution in [1.29, 1.82) is 0 Å². The summed E-state index contributed by atoms with van der Waals surface area (Å²) in [5.41, 5.74) is 2.06. The van der Waals surface area contributed by atoms with E-state index in [1.807, 2.05) is 29.6 Å². The Morgan fingerprint density at radius 2 is 1.96 bits per heavy atom. The Morgan fingerprint density at radius 3 is 2.80 bits per heavy atom. The minimum Gasteiger partial charge on any atom is -0.420 e. The third kappa shape index (κ3) is 3.45. The van der Waals surface area contributed by atoms with E-state index in [0.29, 0.717) is 22.9 Å². The van der Waals surface area contributed by atoms with Gasteiger partial charge in [-0.1, -0.05) is 35.9 Å². The van der Waals surface area contributed by atoms with Crippen LogP contribution in [0.3, 0.4) is 0 Å². The average molecular weight is 372 g/mol. The number of nitrogens with zero attached hydrogens (tertiary/aromatic N) is 3. The van der Waals surface area contributed by atoms with Gasteiger partial charge in [-0.3, -0.25) is 0 Å². The molecule has 0 bridgehead atoms. The van der Waals surface area contributed by atoms with Gasteiger partial charge in [-0.05, 0) is 24.3 Å². The Labute approximate surface area is 151 Å². The maximum atomic E-state index is 13.8. The molecule has 0 aliphatic rings. The van der Waals surface area contributed by atoms with Gasteiger partial charge in [0.15, 0.2) is 0 Å². The Kier molecular flexibility index (Phi) is 4.29. The molecule has 2 heterocycles. The van der Waals surface area contributed by atoms with E-state index in [-0.39, 0.29) is 5.89 Å². The number of benzene rings is 2. The van der Waals surface area contributed by atoms with Gasteiger partial charge in [0.2, 0.25) is 5.89 Å². The summed E-state index contributed by atoms with van der Waals surface area (Å²) in [6.07, 6.45) is 0.387. The molecule has 0 atom stereocenters. The summed E-state index contributed by atoms with van der Waals surface area (Å²) in [6.45, 7) is 0. The van der Waals surface area contributed by atoms with Gasteiger partial charge in [0.1, 0.15) is 10.8 Å². The molecule has 0 spiro atoms. The molecule has 4 rings (SSSR count). The molecule has 0 saturated heterocycles. The average Bonchev–Trinajstić information content (AvgIpc) is 3.25. The molecule has 2 aromatic heterocycles. The molecule has 25 heavy (non-hydrogen) atoms. The number of halogens is 2. The molecule has 0 N–H and O–H groups in total. The Balaban J connectivity index is 1.55. The van der Waals surface area contributed by atoms with Crippen LogP contribution in [-0.2, 0) is 6.42 Å². The monoisotopic (exact) mass is 371 g/mol. The molecule has 0 aliphatic heterocycles. The van der Waals surface area contributed by atoms with Crippen LogP contribution in [0.15, 0.2) is 58.3 Å². The SMILES string of the molecule is Fc1ccccc1-c1nnc(Cc2csc(-c3cccc(Cl)c3)n2)o1. The molecule has 0 radical (unpaired) electrons. The van der Waals surface area contributed by atoms with E-state index in [1.54, 1.807) is 18.2 Å². The van der Waals surface area contributed by atoms with Gasteiger partial charge in [-0.2, -0.15) is 0 Å². The molecular formula is C18H11ClFN3OS. The maximum Gasteiger partial charge on any atom is 0.250 e. The van der Waals surface area contributed by atoms with Crippen LogP contribution < -0.4 is 0 Å². The first-order valence-electron chi connectivity index (χ1n) is 7.46. The van der Waals surface area contributed by atoms with Gasteiger partial charge in [0.25, 0.3) is 5.89 Å². The van der Waals surface area contributed by atoms with Gasteiger partial charge in [0, 0.05) is 16.0 Å². The largest absolute Gasteiger partial charge is 0.420 e. The van der Waals surface area contributed by atoms with Crippen molar-refractivity contribution in [3.63, 3.8) is 0 Å². The Hall–Kier alpha value is -2.57. The van der Waals surface area contributed by atoms with Crippen LogP contribution in [0.1, 0.15) is 11.6 Å². The molecule has 0 aliphatic carbocycles. The third-order valence-corrected chi connectivity index (χ3v) is 4.70. The molecule has 0 fully saturated rings. The van der Waals surface area contributed by atoms with Crippen molar-refractivity contribution in [2.45, 2.75) is 6.42 Å². The number of hydrogen-bond donors (Lipinski definition) is 0. The summed E-state index contributed by atoms with van der Waals surface area (Å²) in [5.74, 6) is 0.161. The fourth-order valence-corrected chi connectivity index (χ4v) is 3.37. The smallest absolute Gasteiger partial charge is 0.250 e. The standard InChI is InChI=1S/C18H11ClFN3OS/c19-12-5-3-4-11(8-12)18-21-13(10-25-18)9-16-22-23-17(24-16)14-6-1-2-7-15(14)20/h1-8,10H,9H2. The molecular weight excluding hydrogens is 361 g/mol. The van der Waals surface area contributed by atoms with Crippen LogP contribution in [0, 0.1) is 5.82 Å². The number of rotatable bonds is 4. The summed E-state index contributed by atoms with van der Waals surface area (Å²) >= 11 is 7.53. The van der Waals surface area contributed by atoms with Crippen LogP contribution in [0.25, 0.3) is 22.0 Å². The lowest BCUT2D eigenvalue weighted by Crippen LogP contribution is -1.88. The van der Waals surface area contributed by atoms with E-state index in [2.05, 4.69) is 15.2 Å². The predicted molar refractivity (Wildman–Crippen MR) is 95.1 cm³/mol. The predicted octanol–water partition coefficient (Wildman–Crippen LogP) is 5.24. The minimum absolute atomic E-state index is 0.165. The first-order valence-corrected chi connectivity index (χ1v) is 8.72. The normalized spacial score (nSPS) is 11.0. The zero-order valence-electron chi connectivity index (χ0n) is 12.8. The number of aromatic nitrogens is 3. The summed E-state index contributed by atoms with van der Waals surface area (Å²) in [5, 5.41) is 11.4. The van der Waals surface area contributed by atoms with Crippen molar-refractivity contribution in [3.8, 4) is 22.0 Å². The van der Waals surface area contributed by atoms with Crippen molar-refractivity contribution in [3.05, 3.63) is 76.3 Å². The van der Waals surface area contributed by atoms with Crippen LogP contribution in [0.4, 0.5) is 4.39 Å². The van der Waals surface area contributed by atoms with Crippen LogP contribution in [-0.4, -0.2) is 15.2 Å². The second-order valence-corrected chi connectivity index (χ2v) is 6.61. The van der Waals surface area contributed by atoms with Gasteiger partial charge >= 0.3 is 0 Å². The van der Waals surface area contributed by atoms with Gasteiger partial charge < -0.3 is 4.42 Å². The first kappa shape index (κ1) is 15.9. The molecule has 2 aromatic carbocycles. The molecule has 124 valence electrons. The lowest BCUT2D eigenvalue weighted by Gasteiger charge is -1.96. The van der Waals surface area contributed by atoms with Crippen molar-refractivity contribution < 1.29 is 8.81 Å². The molecule has 0 unspecified atom stereocenters. The lowest BCUT2D eigenvalue weighted by molar-refractivity contribution is 0.511. The van der Waals surface area contributed by atoms with Gasteiger partial charge in [0.05, 0.1) is 17.7 Å². The molecule has 4 nitrogen and oxygen atoms in total. The van der Waals surface area contributed by atoms with Gasteiger partial charge in [-0.15, -0.1) is 21.5 Å². The highest BCUT2D eigenvalue weighted by atomic mass is 35.5. The van der Waals surface area contributed by atoms with E-state index < -0.39 is 5.82 Å². The van der Waals surface area contributed by atoms with Crippen LogP contribution >= 0.6 is 22.9 Å². The van der Waals surface area contributed by atoms with Crippen molar-refractivity contribution in [2.75, 3.05) is 0 Å². The van der Waals surface area contributed by atoms with E-state index >= 15 is 0 Å². The first-order chi connectivity index (χ1) is 12.2. The third-order valence-electron chi connectivity index (χ3n) is 3.53. The second kappa shape index (κ2) is 6.74. The summed E-state index contributed by atoms with van der Waals surface area (Å²) in [6, 6.07) is 13.8. The van der Waals surface area contributed by atoms with E-state index in [4.69, 9.17) is 16.0 Å². The van der Waals surface area contributed by atoms with E-state index in [0.717, 1.165) is 16.3 Å². The summed E-state index contributed by atoms with van der Waals surface area (Å²) in [4.78, 5) is 4.57. The van der Waals surface area contributed by atoms with Crippen molar-refractivity contribution in [1.82, 2.24) is 15.2 Å². The second-order valence-electron chi connectivity index (χ2n) is 5.31. The van der Waals surface area contributed by atoms with Crippen molar-refractivity contribution in [2.24, 2.45) is 0 Å². The fourth-order valence-electron chi connectivity index (χ4n) is 2.37. The zero-order valence-corrected chi connectivity index (χ0v) is 14.4. The Morgan fingerprint density at radius 1 is 1.08 bits per heavy atom. The molecule has 4 aromatic rings. The molecule has 0 amide bonds. The van der Waals surface area contributed by atoms with Crippen molar-refractivity contribution >= 4 is 22.9 Å². The topological polar surface area (TPSA) is 51.8 Å². The lowest BCUT2D eigenvalue weighted by atomic mass is 10.2. The summed E-state index contributed by atoms with van der Waals surface area (Å²) in [7, 11) is 0. The summed E-state index contributed by atoms with van der Waals surface area (Å²) < 4.78 is 19.4. The minimum atomic E-state index is -0.394. The fraction of sp³-hybridized carbons (Fsp3) is 0.0556. The Bertz CT molecular complexity index is 1030. The molecule has 7 heteroatoms. The van der Waals surface area contributed by atoms with E-state index in [9.17, 15) is 4.39 Å². The highest BCUT2D eigenvalue weighted by Gasteiger charge is 2.14. The zero-order chi connectivity index (χ0) is 17.2. The highest BCUT2D eigenvalue weighted by Crippen LogP contribution is 2.27. The van der Waals surface area contributed by atoms with Gasteiger partial charge in [-0.25, -0.2) is 9.37 Å². The quantitative estimate of drug-likeness (QED) is 0.492. The highest BCUT2D eigenvalue weighted by molar-refractivity contribution is 7.13.